The molecule has 0 spiro atoms. The van der Waals surface area contributed by atoms with Crippen LogP contribution in [0.5, 0.6) is 0 Å². The molecule has 2 aromatic heterocycles. The lowest BCUT2D eigenvalue weighted by Crippen LogP contribution is -2.37. The number of guanidine groups is 1. The molecule has 0 radical (unpaired) electrons. The number of hydrogen-bond acceptors (Lipinski definition) is 4. The van der Waals surface area contributed by atoms with Crippen molar-refractivity contribution in [1.29, 1.82) is 0 Å². The van der Waals surface area contributed by atoms with Crippen LogP contribution in [0.4, 0.5) is 0 Å². The SMILES string of the molecule is CN=C(NCc1ccc(Br)s1)N(C)Cc1csc(C)n1.I. The van der Waals surface area contributed by atoms with Crippen molar-refractivity contribution in [3.8, 4) is 0 Å². The van der Waals surface area contributed by atoms with Gasteiger partial charge < -0.3 is 10.2 Å². The van der Waals surface area contributed by atoms with Gasteiger partial charge in [0.15, 0.2) is 5.96 Å². The highest BCUT2D eigenvalue weighted by atomic mass is 127. The number of rotatable bonds is 4. The van der Waals surface area contributed by atoms with Gasteiger partial charge in [-0.25, -0.2) is 4.98 Å². The van der Waals surface area contributed by atoms with Crippen LogP contribution in [0.1, 0.15) is 15.6 Å². The van der Waals surface area contributed by atoms with Crippen LogP contribution in [-0.4, -0.2) is 29.9 Å². The Labute approximate surface area is 158 Å². The van der Waals surface area contributed by atoms with Crippen molar-refractivity contribution in [3.63, 3.8) is 0 Å². The Morgan fingerprint density at radius 1 is 1.48 bits per heavy atom. The number of halogens is 2. The van der Waals surface area contributed by atoms with Gasteiger partial charge in [0.05, 0.1) is 27.6 Å². The Balaban J connectivity index is 0.00000220. The average molecular weight is 501 g/mol. The fourth-order valence-corrected chi connectivity index (χ4v) is 3.82. The van der Waals surface area contributed by atoms with Gasteiger partial charge in [-0.1, -0.05) is 0 Å². The van der Waals surface area contributed by atoms with Crippen LogP contribution >= 0.6 is 62.6 Å². The van der Waals surface area contributed by atoms with Gasteiger partial charge in [0.1, 0.15) is 0 Å². The van der Waals surface area contributed by atoms with E-state index in [0.717, 1.165) is 33.5 Å². The van der Waals surface area contributed by atoms with Crippen molar-refractivity contribution in [2.24, 2.45) is 4.99 Å². The van der Waals surface area contributed by atoms with Crippen LogP contribution < -0.4 is 5.32 Å². The number of nitrogens with one attached hydrogen (secondary N) is 1. The summed E-state index contributed by atoms with van der Waals surface area (Å²) in [6.45, 7) is 3.57. The van der Waals surface area contributed by atoms with Gasteiger partial charge in [-0.2, -0.15) is 0 Å². The molecule has 116 valence electrons. The minimum atomic E-state index is 0. The largest absolute Gasteiger partial charge is 0.351 e. The molecular weight excluding hydrogens is 483 g/mol. The predicted octanol–water partition coefficient (Wildman–Crippen LogP) is 4.10. The molecule has 1 N–H and O–H groups in total. The van der Waals surface area contributed by atoms with Crippen LogP contribution in [-0.2, 0) is 13.1 Å². The summed E-state index contributed by atoms with van der Waals surface area (Å²) in [4.78, 5) is 12.1. The van der Waals surface area contributed by atoms with Crippen molar-refractivity contribution in [3.05, 3.63) is 36.9 Å². The van der Waals surface area contributed by atoms with E-state index in [1.165, 1.54) is 4.88 Å². The van der Waals surface area contributed by atoms with E-state index in [1.807, 2.05) is 14.0 Å². The van der Waals surface area contributed by atoms with E-state index in [4.69, 9.17) is 0 Å². The van der Waals surface area contributed by atoms with E-state index in [-0.39, 0.29) is 24.0 Å². The second kappa shape index (κ2) is 9.06. The number of aromatic nitrogens is 1. The van der Waals surface area contributed by atoms with Gasteiger partial charge in [-0.3, -0.25) is 4.99 Å². The molecule has 2 rings (SSSR count). The van der Waals surface area contributed by atoms with Crippen LogP contribution in [0.3, 0.4) is 0 Å². The molecule has 2 aromatic rings. The molecule has 4 nitrogen and oxygen atoms in total. The first-order valence-electron chi connectivity index (χ1n) is 6.15. The van der Waals surface area contributed by atoms with Crippen LogP contribution in [0.15, 0.2) is 26.3 Å². The number of thiazole rings is 1. The molecular formula is C13H18BrIN4S2. The van der Waals surface area contributed by atoms with Crippen molar-refractivity contribution in [1.82, 2.24) is 15.2 Å². The third-order valence-corrected chi connectivity index (χ3v) is 5.13. The summed E-state index contributed by atoms with van der Waals surface area (Å²) in [7, 11) is 3.82. The summed E-state index contributed by atoms with van der Waals surface area (Å²) in [6.07, 6.45) is 0. The highest BCUT2D eigenvalue weighted by Gasteiger charge is 2.09. The van der Waals surface area contributed by atoms with Crippen molar-refractivity contribution in [2.75, 3.05) is 14.1 Å². The normalized spacial score (nSPS) is 11.1. The van der Waals surface area contributed by atoms with Gasteiger partial charge in [-0.05, 0) is 35.0 Å². The molecule has 0 saturated carbocycles. The zero-order valence-electron chi connectivity index (χ0n) is 12.1. The van der Waals surface area contributed by atoms with E-state index in [9.17, 15) is 0 Å². The smallest absolute Gasteiger partial charge is 0.194 e. The summed E-state index contributed by atoms with van der Waals surface area (Å²) < 4.78 is 1.15. The van der Waals surface area contributed by atoms with Gasteiger partial charge in [0, 0.05) is 24.4 Å². The van der Waals surface area contributed by atoms with Crippen molar-refractivity contribution >= 4 is 68.5 Å². The van der Waals surface area contributed by atoms with E-state index in [2.05, 4.69) is 53.6 Å². The fourth-order valence-electron chi connectivity index (χ4n) is 1.80. The average Bonchev–Trinajstić information content (AvgIpc) is 2.99. The Hall–Kier alpha value is -0.190. The number of aryl methyl sites for hydroxylation is 1. The molecule has 8 heteroatoms. The first kappa shape index (κ1) is 18.9. The summed E-state index contributed by atoms with van der Waals surface area (Å²) in [5.41, 5.74) is 1.08. The number of thiophene rings is 1. The summed E-state index contributed by atoms with van der Waals surface area (Å²) >= 11 is 6.88. The molecule has 0 amide bonds. The first-order valence-corrected chi connectivity index (χ1v) is 8.64. The molecule has 0 bridgehead atoms. The maximum absolute atomic E-state index is 4.48. The second-order valence-electron chi connectivity index (χ2n) is 4.32. The maximum Gasteiger partial charge on any atom is 0.194 e. The molecule has 0 saturated heterocycles. The highest BCUT2D eigenvalue weighted by molar-refractivity contribution is 14.0. The zero-order chi connectivity index (χ0) is 14.5. The molecule has 0 aliphatic rings. The maximum atomic E-state index is 4.48. The van der Waals surface area contributed by atoms with E-state index in [0.29, 0.717) is 0 Å². The molecule has 0 aliphatic heterocycles. The van der Waals surface area contributed by atoms with Gasteiger partial charge in [0.25, 0.3) is 0 Å². The Morgan fingerprint density at radius 3 is 2.76 bits per heavy atom. The Bertz CT molecular complexity index is 597. The lowest BCUT2D eigenvalue weighted by Gasteiger charge is -2.20. The molecule has 0 fully saturated rings. The summed E-state index contributed by atoms with van der Waals surface area (Å²) in [5.74, 6) is 0.875. The van der Waals surface area contributed by atoms with E-state index in [1.54, 1.807) is 29.7 Å². The highest BCUT2D eigenvalue weighted by Crippen LogP contribution is 2.21. The Morgan fingerprint density at radius 2 is 2.24 bits per heavy atom. The molecule has 2 heterocycles. The summed E-state index contributed by atoms with van der Waals surface area (Å²) in [6, 6.07) is 4.17. The molecule has 0 unspecified atom stereocenters. The number of aliphatic imine (C=N–C) groups is 1. The van der Waals surface area contributed by atoms with Crippen LogP contribution in [0, 0.1) is 6.92 Å². The van der Waals surface area contributed by atoms with Crippen LogP contribution in [0.25, 0.3) is 0 Å². The molecule has 0 aliphatic carbocycles. The lowest BCUT2D eigenvalue weighted by atomic mass is 10.4. The number of hydrogen-bond donors (Lipinski definition) is 1. The van der Waals surface area contributed by atoms with Gasteiger partial charge in [-0.15, -0.1) is 46.7 Å². The second-order valence-corrected chi connectivity index (χ2v) is 7.93. The standard InChI is InChI=1S/C13H17BrN4S2.HI/c1-9-17-10(8-19-9)7-18(3)13(15-2)16-6-11-4-5-12(14)20-11;/h4-5,8H,6-7H2,1-3H3,(H,15,16);1H. The molecule has 0 aromatic carbocycles. The van der Waals surface area contributed by atoms with Crippen molar-refractivity contribution < 1.29 is 0 Å². The lowest BCUT2D eigenvalue weighted by molar-refractivity contribution is 0.471. The quantitative estimate of drug-likeness (QED) is 0.390. The Kier molecular flexibility index (Phi) is 8.14. The monoisotopic (exact) mass is 500 g/mol. The number of nitrogens with zero attached hydrogens (tertiary/aromatic N) is 3. The van der Waals surface area contributed by atoms with Gasteiger partial charge in [0.2, 0.25) is 0 Å². The minimum Gasteiger partial charge on any atom is -0.351 e. The van der Waals surface area contributed by atoms with Crippen molar-refractivity contribution in [2.45, 2.75) is 20.0 Å². The zero-order valence-corrected chi connectivity index (χ0v) is 17.6. The summed E-state index contributed by atoms with van der Waals surface area (Å²) in [5, 5.41) is 6.56. The molecule has 21 heavy (non-hydrogen) atoms. The minimum absolute atomic E-state index is 0. The van der Waals surface area contributed by atoms with Crippen LogP contribution in [0.2, 0.25) is 0 Å². The topological polar surface area (TPSA) is 40.5 Å². The predicted molar refractivity (Wildman–Crippen MR) is 106 cm³/mol. The van der Waals surface area contributed by atoms with E-state index >= 15 is 0 Å². The molecule has 0 atom stereocenters. The third-order valence-electron chi connectivity index (χ3n) is 2.69. The third kappa shape index (κ3) is 5.84. The fraction of sp³-hybridized carbons (Fsp3) is 0.385. The van der Waals surface area contributed by atoms with E-state index < -0.39 is 0 Å². The van der Waals surface area contributed by atoms with Gasteiger partial charge >= 0.3 is 0 Å². The first-order chi connectivity index (χ1) is 9.58.